The highest BCUT2D eigenvalue weighted by atomic mass is 31.2. The van der Waals surface area contributed by atoms with Crippen LogP contribution in [-0.4, -0.2) is 54.6 Å². The van der Waals surface area contributed by atoms with Gasteiger partial charge in [0.05, 0.1) is 13.2 Å². The van der Waals surface area contributed by atoms with Gasteiger partial charge in [-0.3, -0.25) is 14.1 Å². The fourth-order valence-corrected chi connectivity index (χ4v) is 4.13. The van der Waals surface area contributed by atoms with Gasteiger partial charge >= 0.3 is 13.8 Å². The van der Waals surface area contributed by atoms with E-state index in [1.54, 1.807) is 0 Å². The third-order valence-corrected chi connectivity index (χ3v) is 6.25. The molecule has 208 valence electrons. The number of carbonyl (C=O) groups is 2. The van der Waals surface area contributed by atoms with Crippen LogP contribution in [0, 0.1) is 0 Å². The van der Waals surface area contributed by atoms with Gasteiger partial charge in [0.25, 0.3) is 6.47 Å². The van der Waals surface area contributed by atoms with Crippen LogP contribution in [-0.2, 0) is 28.2 Å². The van der Waals surface area contributed by atoms with Crippen molar-refractivity contribution in [3.63, 3.8) is 0 Å². The number of hydrogen-bond donors (Lipinski definition) is 3. The molecule has 0 bridgehead atoms. The summed E-state index contributed by atoms with van der Waals surface area (Å²) in [5.41, 5.74) is 0. The van der Waals surface area contributed by atoms with E-state index >= 15 is 0 Å². The molecule has 0 aliphatic heterocycles. The van der Waals surface area contributed by atoms with Gasteiger partial charge in [-0.05, 0) is 25.8 Å². The molecule has 0 amide bonds. The second kappa shape index (κ2) is 24.7. The van der Waals surface area contributed by atoms with Gasteiger partial charge in [0, 0.05) is 13.0 Å². The quantitative estimate of drug-likeness (QED) is 0.0559. The number of carbonyl (C=O) groups excluding carboxylic acids is 2. The summed E-state index contributed by atoms with van der Waals surface area (Å²) in [5, 5.41) is 3.21. The number of hydrogen-bond acceptors (Lipinski definition) is 7. The van der Waals surface area contributed by atoms with Gasteiger partial charge in [-0.25, -0.2) is 4.57 Å². The molecule has 35 heavy (non-hydrogen) atoms. The Labute approximate surface area is 212 Å². The number of ether oxygens (including phenoxy) is 2. The zero-order valence-electron chi connectivity index (χ0n) is 21.8. The second-order valence-corrected chi connectivity index (χ2v) is 10.4. The van der Waals surface area contributed by atoms with Crippen LogP contribution in [0.1, 0.15) is 116 Å². The number of unbranched alkanes of at least 4 members (excludes halogenated alkanes) is 14. The van der Waals surface area contributed by atoms with E-state index < -0.39 is 13.9 Å². The molecule has 0 aromatic carbocycles. The van der Waals surface area contributed by atoms with E-state index in [-0.39, 0.29) is 12.6 Å². The number of nitrogens with one attached hydrogen (secondary N) is 1. The van der Waals surface area contributed by atoms with Crippen molar-refractivity contribution in [3.8, 4) is 0 Å². The van der Waals surface area contributed by atoms with Crippen LogP contribution in [0.2, 0.25) is 0 Å². The molecule has 0 unspecified atom stereocenters. The molecule has 3 N–H and O–H groups in total. The molecule has 0 saturated heterocycles. The van der Waals surface area contributed by atoms with Crippen LogP contribution in [0.25, 0.3) is 0 Å². The van der Waals surface area contributed by atoms with Crippen molar-refractivity contribution in [2.24, 2.45) is 0 Å². The van der Waals surface area contributed by atoms with Crippen LogP contribution in [0.3, 0.4) is 0 Å². The Hall–Kier alpha value is -0.990. The third kappa shape index (κ3) is 27.4. The molecule has 0 heterocycles. The monoisotopic (exact) mass is 523 g/mol. The zero-order chi connectivity index (χ0) is 26.0. The summed E-state index contributed by atoms with van der Waals surface area (Å²) in [4.78, 5) is 40.2. The van der Waals surface area contributed by atoms with Gasteiger partial charge in [-0.2, -0.15) is 0 Å². The van der Waals surface area contributed by atoms with Gasteiger partial charge in [0.2, 0.25) is 0 Å². The highest BCUT2D eigenvalue weighted by molar-refractivity contribution is 7.46. The SMILES string of the molecule is CCCCCCCCCCC(=O)O[C@@H](CNCCCCCCCCCCOC=O)COP(=O)(O)O. The van der Waals surface area contributed by atoms with Crippen molar-refractivity contribution in [1.29, 1.82) is 0 Å². The molecule has 0 radical (unpaired) electrons. The highest BCUT2D eigenvalue weighted by Crippen LogP contribution is 2.35. The largest absolute Gasteiger partial charge is 0.469 e. The van der Waals surface area contributed by atoms with E-state index in [0.29, 0.717) is 26.0 Å². The first-order valence-corrected chi connectivity index (χ1v) is 15.1. The molecule has 0 aliphatic rings. The lowest BCUT2D eigenvalue weighted by molar-refractivity contribution is -0.150. The minimum absolute atomic E-state index is 0.298. The average Bonchev–Trinajstić information content (AvgIpc) is 2.81. The van der Waals surface area contributed by atoms with Crippen LogP contribution >= 0.6 is 7.82 Å². The first-order chi connectivity index (χ1) is 16.9. The Bertz CT molecular complexity index is 544. The first kappa shape index (κ1) is 34.0. The summed E-state index contributed by atoms with van der Waals surface area (Å²) >= 11 is 0. The molecule has 10 heteroatoms. The van der Waals surface area contributed by atoms with Crippen molar-refractivity contribution in [2.75, 3.05) is 26.3 Å². The molecule has 1 atom stereocenters. The topological polar surface area (TPSA) is 131 Å². The summed E-state index contributed by atoms with van der Waals surface area (Å²) in [6.45, 7) is 3.89. The predicted octanol–water partition coefficient (Wildman–Crippen LogP) is 5.42. The smallest absolute Gasteiger partial charge is 0.468 e. The molecule has 0 fully saturated rings. The minimum atomic E-state index is -4.62. The molecule has 0 spiro atoms. The standard InChI is InChI=1S/C25H50NO8P/c1-2-3-4-5-6-9-12-15-18-25(28)34-24(22-33-35(29,30)31)21-26-19-16-13-10-7-8-11-14-17-20-32-23-27/h23-24,26H,2-22H2,1H3,(H2,29,30,31)/t24-/m0/s1. The molecule has 0 aromatic heterocycles. The number of phosphoric acid groups is 1. The van der Waals surface area contributed by atoms with E-state index in [9.17, 15) is 14.2 Å². The molecular formula is C25H50NO8P. The number of rotatable bonds is 27. The molecule has 9 nitrogen and oxygen atoms in total. The van der Waals surface area contributed by atoms with Gasteiger partial charge in [0.1, 0.15) is 6.10 Å². The first-order valence-electron chi connectivity index (χ1n) is 13.5. The van der Waals surface area contributed by atoms with E-state index in [0.717, 1.165) is 64.3 Å². The van der Waals surface area contributed by atoms with E-state index in [4.69, 9.17) is 14.5 Å². The number of esters is 1. The Balaban J connectivity index is 3.90. The van der Waals surface area contributed by atoms with Crippen molar-refractivity contribution in [1.82, 2.24) is 5.32 Å². The highest BCUT2D eigenvalue weighted by Gasteiger charge is 2.21. The van der Waals surface area contributed by atoms with Gasteiger partial charge in [-0.15, -0.1) is 0 Å². The van der Waals surface area contributed by atoms with Crippen LogP contribution in [0.5, 0.6) is 0 Å². The fourth-order valence-electron chi connectivity index (χ4n) is 3.77. The molecular weight excluding hydrogens is 473 g/mol. The van der Waals surface area contributed by atoms with Crippen molar-refractivity contribution in [2.45, 2.75) is 122 Å². The van der Waals surface area contributed by atoms with Gasteiger partial charge < -0.3 is 24.6 Å². The Kier molecular flexibility index (Phi) is 24.0. The third-order valence-electron chi connectivity index (χ3n) is 5.77. The summed E-state index contributed by atoms with van der Waals surface area (Å²) in [7, 11) is -4.62. The lowest BCUT2D eigenvalue weighted by Crippen LogP contribution is -2.35. The summed E-state index contributed by atoms with van der Waals surface area (Å²) in [6.07, 6.45) is 17.3. The predicted molar refractivity (Wildman–Crippen MR) is 137 cm³/mol. The van der Waals surface area contributed by atoms with E-state index in [1.807, 2.05) is 0 Å². The lowest BCUT2D eigenvalue weighted by Gasteiger charge is -2.19. The van der Waals surface area contributed by atoms with Gasteiger partial charge in [0.15, 0.2) is 0 Å². The van der Waals surface area contributed by atoms with Gasteiger partial charge in [-0.1, -0.05) is 90.4 Å². The summed E-state index contributed by atoms with van der Waals surface area (Å²) < 4.78 is 25.7. The van der Waals surface area contributed by atoms with Crippen LogP contribution < -0.4 is 5.32 Å². The normalized spacial score (nSPS) is 12.4. The Morgan fingerprint density at radius 1 is 0.857 bits per heavy atom. The second-order valence-electron chi connectivity index (χ2n) is 9.12. The Morgan fingerprint density at radius 3 is 1.97 bits per heavy atom. The van der Waals surface area contributed by atoms with E-state index in [2.05, 4.69) is 21.5 Å². The molecule has 0 saturated carbocycles. The Morgan fingerprint density at radius 2 is 1.40 bits per heavy atom. The summed E-state index contributed by atoms with van der Waals surface area (Å²) in [6, 6.07) is 0. The zero-order valence-corrected chi connectivity index (χ0v) is 22.7. The number of phosphoric ester groups is 1. The van der Waals surface area contributed by atoms with Crippen LogP contribution in [0.15, 0.2) is 0 Å². The molecule has 0 rings (SSSR count). The fraction of sp³-hybridized carbons (Fsp3) is 0.920. The van der Waals surface area contributed by atoms with E-state index in [1.165, 1.54) is 44.9 Å². The molecule has 0 aromatic rings. The van der Waals surface area contributed by atoms with Crippen LogP contribution in [0.4, 0.5) is 0 Å². The molecule has 0 aliphatic carbocycles. The van der Waals surface area contributed by atoms with Crippen molar-refractivity contribution in [3.05, 3.63) is 0 Å². The van der Waals surface area contributed by atoms with Crippen molar-refractivity contribution < 1.29 is 37.9 Å². The average molecular weight is 524 g/mol. The lowest BCUT2D eigenvalue weighted by atomic mass is 10.1. The van der Waals surface area contributed by atoms with Crippen molar-refractivity contribution >= 4 is 20.3 Å². The maximum Gasteiger partial charge on any atom is 0.469 e. The summed E-state index contributed by atoms with van der Waals surface area (Å²) in [5.74, 6) is -0.352. The maximum atomic E-state index is 12.2. The minimum Gasteiger partial charge on any atom is -0.468 e. The maximum absolute atomic E-state index is 12.2.